The lowest BCUT2D eigenvalue weighted by Gasteiger charge is -2.23. The van der Waals surface area contributed by atoms with Crippen molar-refractivity contribution in [3.05, 3.63) is 29.3 Å². The Hall–Kier alpha value is -1.06. The predicted molar refractivity (Wildman–Crippen MR) is 65.9 cm³/mol. The maximum Gasteiger partial charge on any atom is 0.122 e. The molecule has 1 atom stereocenters. The lowest BCUT2D eigenvalue weighted by Crippen LogP contribution is -2.23. The zero-order valence-electron chi connectivity index (χ0n) is 10.5. The number of hydrogen-bond donors (Lipinski definition) is 1. The summed E-state index contributed by atoms with van der Waals surface area (Å²) in [5.41, 5.74) is 2.31. The van der Waals surface area contributed by atoms with Gasteiger partial charge >= 0.3 is 0 Å². The molecule has 0 saturated carbocycles. The molecule has 0 aromatic heterocycles. The highest BCUT2D eigenvalue weighted by Gasteiger charge is 2.14. The fourth-order valence-corrected chi connectivity index (χ4v) is 1.85. The molecule has 0 heterocycles. The van der Waals surface area contributed by atoms with Crippen LogP contribution in [0.4, 0.5) is 0 Å². The second-order valence-corrected chi connectivity index (χ2v) is 4.09. The first-order valence-electron chi connectivity index (χ1n) is 5.58. The second kappa shape index (κ2) is 5.87. The van der Waals surface area contributed by atoms with E-state index in [4.69, 9.17) is 4.74 Å². The summed E-state index contributed by atoms with van der Waals surface area (Å²) in [5, 5.41) is 9.37. The van der Waals surface area contributed by atoms with E-state index in [0.717, 1.165) is 17.7 Å². The van der Waals surface area contributed by atoms with Gasteiger partial charge in [-0.05, 0) is 37.7 Å². The van der Waals surface area contributed by atoms with Gasteiger partial charge in [-0.2, -0.15) is 0 Å². The number of nitrogens with zero attached hydrogens (tertiary/aromatic N) is 1. The van der Waals surface area contributed by atoms with Crippen LogP contribution in [0.15, 0.2) is 18.2 Å². The Kier molecular flexibility index (Phi) is 4.77. The van der Waals surface area contributed by atoms with E-state index in [1.54, 1.807) is 7.11 Å². The van der Waals surface area contributed by atoms with Gasteiger partial charge in [0.25, 0.3) is 0 Å². The van der Waals surface area contributed by atoms with E-state index >= 15 is 0 Å². The van der Waals surface area contributed by atoms with Gasteiger partial charge in [0.1, 0.15) is 5.75 Å². The van der Waals surface area contributed by atoms with Crippen molar-refractivity contribution in [1.82, 2.24) is 4.90 Å². The zero-order valence-corrected chi connectivity index (χ0v) is 10.5. The average molecular weight is 223 g/mol. The third kappa shape index (κ3) is 2.74. The Morgan fingerprint density at radius 3 is 2.50 bits per heavy atom. The minimum absolute atomic E-state index is 0.0520. The van der Waals surface area contributed by atoms with Crippen LogP contribution in [0.25, 0.3) is 0 Å². The third-order valence-electron chi connectivity index (χ3n) is 2.87. The van der Waals surface area contributed by atoms with Crippen molar-refractivity contribution in [1.29, 1.82) is 0 Å². The van der Waals surface area contributed by atoms with E-state index in [2.05, 4.69) is 13.0 Å². The number of hydrogen-bond acceptors (Lipinski definition) is 3. The molecule has 3 nitrogen and oxygen atoms in total. The highest BCUT2D eigenvalue weighted by Crippen LogP contribution is 2.25. The first kappa shape index (κ1) is 13.0. The van der Waals surface area contributed by atoms with Crippen molar-refractivity contribution in [3.63, 3.8) is 0 Å². The zero-order chi connectivity index (χ0) is 12.1. The fourth-order valence-electron chi connectivity index (χ4n) is 1.85. The number of likely N-dealkylation sites (N-methyl/N-ethyl adjacent to an activating group) is 1. The molecule has 0 saturated heterocycles. The third-order valence-corrected chi connectivity index (χ3v) is 2.87. The van der Waals surface area contributed by atoms with Crippen LogP contribution in [0.1, 0.15) is 24.1 Å². The van der Waals surface area contributed by atoms with Crippen molar-refractivity contribution in [2.75, 3.05) is 27.8 Å². The Balaban J connectivity index is 3.06. The first-order chi connectivity index (χ1) is 7.63. The van der Waals surface area contributed by atoms with Gasteiger partial charge in [0.05, 0.1) is 19.8 Å². The largest absolute Gasteiger partial charge is 0.496 e. The molecule has 1 N–H and O–H groups in total. The van der Waals surface area contributed by atoms with Crippen LogP contribution in [0.5, 0.6) is 5.75 Å². The molecule has 0 radical (unpaired) electrons. The lowest BCUT2D eigenvalue weighted by atomic mass is 10.0. The van der Waals surface area contributed by atoms with Crippen LogP contribution in [-0.2, 0) is 6.42 Å². The van der Waals surface area contributed by atoms with Crippen LogP contribution >= 0.6 is 0 Å². The van der Waals surface area contributed by atoms with Crippen LogP contribution in [-0.4, -0.2) is 37.8 Å². The van der Waals surface area contributed by atoms with Gasteiger partial charge < -0.3 is 14.7 Å². The SMILES string of the molecule is CCc1cc(C(CO)N(C)C)ccc1OC. The number of methoxy groups -OCH3 is 1. The second-order valence-electron chi connectivity index (χ2n) is 4.09. The van der Waals surface area contributed by atoms with Gasteiger partial charge in [-0.15, -0.1) is 0 Å². The van der Waals surface area contributed by atoms with Gasteiger partial charge in [0, 0.05) is 0 Å². The topological polar surface area (TPSA) is 32.7 Å². The number of ether oxygens (including phenoxy) is 1. The summed E-state index contributed by atoms with van der Waals surface area (Å²) < 4.78 is 5.29. The summed E-state index contributed by atoms with van der Waals surface area (Å²) in [4.78, 5) is 2.02. The number of aliphatic hydroxyl groups is 1. The van der Waals surface area contributed by atoms with Crippen molar-refractivity contribution < 1.29 is 9.84 Å². The summed E-state index contributed by atoms with van der Waals surface area (Å²) in [6.45, 7) is 2.23. The molecule has 0 bridgehead atoms. The molecule has 1 unspecified atom stereocenters. The van der Waals surface area contributed by atoms with Crippen molar-refractivity contribution in [2.45, 2.75) is 19.4 Å². The summed E-state index contributed by atoms with van der Waals surface area (Å²) in [6.07, 6.45) is 0.933. The molecule has 0 aliphatic carbocycles. The standard InChI is InChI=1S/C13H21NO2/c1-5-10-8-11(6-7-13(10)16-4)12(9-15)14(2)3/h6-8,12,15H,5,9H2,1-4H3. The molecular weight excluding hydrogens is 202 g/mol. The van der Waals surface area contributed by atoms with Crippen molar-refractivity contribution in [3.8, 4) is 5.75 Å². The summed E-state index contributed by atoms with van der Waals surface area (Å²) in [6, 6.07) is 6.15. The minimum atomic E-state index is 0.0520. The number of aliphatic hydroxyl groups excluding tert-OH is 1. The van der Waals surface area contributed by atoms with Gasteiger partial charge in [-0.3, -0.25) is 0 Å². The molecule has 3 heteroatoms. The molecule has 0 spiro atoms. The Morgan fingerprint density at radius 2 is 2.06 bits per heavy atom. The molecule has 0 fully saturated rings. The Bertz CT molecular complexity index is 337. The van der Waals surface area contributed by atoms with Gasteiger partial charge in [0.2, 0.25) is 0 Å². The fraction of sp³-hybridized carbons (Fsp3) is 0.538. The Morgan fingerprint density at radius 1 is 1.38 bits per heavy atom. The maximum absolute atomic E-state index is 9.37. The lowest BCUT2D eigenvalue weighted by molar-refractivity contribution is 0.170. The number of benzene rings is 1. The summed E-state index contributed by atoms with van der Waals surface area (Å²) in [7, 11) is 5.62. The highest BCUT2D eigenvalue weighted by atomic mass is 16.5. The van der Waals surface area contributed by atoms with Gasteiger partial charge in [0.15, 0.2) is 0 Å². The smallest absolute Gasteiger partial charge is 0.122 e. The minimum Gasteiger partial charge on any atom is -0.496 e. The van der Waals surface area contributed by atoms with Crippen LogP contribution in [0, 0.1) is 0 Å². The van der Waals surface area contributed by atoms with Crippen LogP contribution in [0.2, 0.25) is 0 Å². The van der Waals surface area contributed by atoms with E-state index < -0.39 is 0 Å². The Labute approximate surface area is 97.7 Å². The van der Waals surface area contributed by atoms with E-state index in [9.17, 15) is 5.11 Å². The van der Waals surface area contributed by atoms with E-state index in [0.29, 0.717) is 0 Å². The number of rotatable bonds is 5. The molecule has 0 amide bonds. The summed E-state index contributed by atoms with van der Waals surface area (Å²) in [5.74, 6) is 0.918. The van der Waals surface area contributed by atoms with Gasteiger partial charge in [-0.1, -0.05) is 19.1 Å². The van der Waals surface area contributed by atoms with Crippen LogP contribution in [0.3, 0.4) is 0 Å². The molecule has 1 rings (SSSR count). The van der Waals surface area contributed by atoms with Crippen molar-refractivity contribution in [2.24, 2.45) is 0 Å². The average Bonchev–Trinajstić information content (AvgIpc) is 2.29. The number of aryl methyl sites for hydroxylation is 1. The molecule has 16 heavy (non-hydrogen) atoms. The van der Waals surface area contributed by atoms with E-state index in [1.165, 1.54) is 5.56 Å². The maximum atomic E-state index is 9.37. The molecule has 0 aliphatic rings. The monoisotopic (exact) mass is 223 g/mol. The molecule has 0 aliphatic heterocycles. The normalized spacial score (nSPS) is 12.9. The van der Waals surface area contributed by atoms with Gasteiger partial charge in [-0.25, -0.2) is 0 Å². The molecule has 90 valence electrons. The highest BCUT2D eigenvalue weighted by molar-refractivity contribution is 5.38. The van der Waals surface area contributed by atoms with Crippen molar-refractivity contribution >= 4 is 0 Å². The van der Waals surface area contributed by atoms with E-state index in [-0.39, 0.29) is 12.6 Å². The molecular formula is C13H21NO2. The quantitative estimate of drug-likeness (QED) is 0.827. The molecule has 1 aromatic rings. The summed E-state index contributed by atoms with van der Waals surface area (Å²) >= 11 is 0. The van der Waals surface area contributed by atoms with Crippen LogP contribution < -0.4 is 4.74 Å². The molecule has 1 aromatic carbocycles. The predicted octanol–water partition coefficient (Wildman–Crippen LogP) is 1.85. The van der Waals surface area contributed by atoms with E-state index in [1.807, 2.05) is 31.1 Å². The first-order valence-corrected chi connectivity index (χ1v) is 5.58.